The number of morpholine rings is 1. The van der Waals surface area contributed by atoms with E-state index in [1.54, 1.807) is 0 Å². The lowest BCUT2D eigenvalue weighted by atomic mass is 9.82. The van der Waals surface area contributed by atoms with Crippen molar-refractivity contribution in [2.45, 2.75) is 18.9 Å². The fraction of sp³-hybridized carbons (Fsp3) is 0.917. The van der Waals surface area contributed by atoms with E-state index in [1.807, 2.05) is 11.9 Å². The van der Waals surface area contributed by atoms with Crippen LogP contribution < -0.4 is 5.32 Å². The predicted molar refractivity (Wildman–Crippen MR) is 63.8 cm³/mol. The van der Waals surface area contributed by atoms with Crippen LogP contribution in [-0.2, 0) is 14.3 Å². The maximum absolute atomic E-state index is 11.8. The van der Waals surface area contributed by atoms with Gasteiger partial charge in [-0.15, -0.1) is 0 Å². The quantitative estimate of drug-likeness (QED) is 0.729. The highest BCUT2D eigenvalue weighted by Crippen LogP contribution is 2.29. The Hall–Kier alpha value is -0.650. The molecule has 1 saturated heterocycles. The highest BCUT2D eigenvalue weighted by Gasteiger charge is 2.30. The lowest BCUT2D eigenvalue weighted by Crippen LogP contribution is -2.44. The van der Waals surface area contributed by atoms with Gasteiger partial charge in [0.25, 0.3) is 0 Å². The van der Waals surface area contributed by atoms with Crippen molar-refractivity contribution in [3.05, 3.63) is 0 Å². The molecule has 0 aromatic heterocycles. The zero-order valence-electron chi connectivity index (χ0n) is 10.5. The number of ether oxygens (including phenoxy) is 2. The van der Waals surface area contributed by atoms with Gasteiger partial charge >= 0.3 is 0 Å². The molecule has 1 aliphatic heterocycles. The minimum atomic E-state index is 0.102. The number of carbonyl (C=O) groups is 1. The molecule has 0 aromatic carbocycles. The summed E-state index contributed by atoms with van der Waals surface area (Å²) in [5, 5.41) is 3.16. The van der Waals surface area contributed by atoms with Gasteiger partial charge < -0.3 is 19.7 Å². The van der Waals surface area contributed by atoms with Crippen LogP contribution in [0.4, 0.5) is 0 Å². The summed E-state index contributed by atoms with van der Waals surface area (Å²) in [6.07, 6.45) is 2.45. The van der Waals surface area contributed by atoms with Crippen molar-refractivity contribution in [1.29, 1.82) is 0 Å². The van der Waals surface area contributed by atoms with Crippen LogP contribution in [-0.4, -0.2) is 63.4 Å². The molecular weight excluding hydrogens is 220 g/mol. The second-order valence-corrected chi connectivity index (χ2v) is 4.82. The molecule has 1 N–H and O–H groups in total. The van der Waals surface area contributed by atoms with Gasteiger partial charge in [0.05, 0.1) is 19.3 Å². The molecule has 1 aliphatic carbocycles. The third-order valence-corrected chi connectivity index (χ3v) is 3.49. The van der Waals surface area contributed by atoms with Gasteiger partial charge in [-0.1, -0.05) is 0 Å². The van der Waals surface area contributed by atoms with E-state index in [0.717, 1.165) is 25.3 Å². The fourth-order valence-corrected chi connectivity index (χ4v) is 2.36. The standard InChI is InChI=1S/C12H22N2O3/c1-13-8-10-6-11(7-10)17-9-12(15)14-2-4-16-5-3-14/h10-11,13H,2-9H2,1H3. The Labute approximate surface area is 102 Å². The zero-order valence-corrected chi connectivity index (χ0v) is 10.5. The average molecular weight is 242 g/mol. The Kier molecular flexibility index (Phi) is 4.76. The number of hydrogen-bond acceptors (Lipinski definition) is 4. The van der Waals surface area contributed by atoms with Crippen LogP contribution >= 0.6 is 0 Å². The van der Waals surface area contributed by atoms with Gasteiger partial charge in [-0.25, -0.2) is 0 Å². The minimum absolute atomic E-state index is 0.102. The van der Waals surface area contributed by atoms with Gasteiger partial charge in [0.1, 0.15) is 6.61 Å². The molecular formula is C12H22N2O3. The molecule has 0 radical (unpaired) electrons. The van der Waals surface area contributed by atoms with E-state index in [2.05, 4.69) is 5.32 Å². The number of amides is 1. The molecule has 17 heavy (non-hydrogen) atoms. The van der Waals surface area contributed by atoms with Crippen molar-refractivity contribution >= 4 is 5.91 Å². The van der Waals surface area contributed by atoms with Crippen LogP contribution in [0.25, 0.3) is 0 Å². The summed E-state index contributed by atoms with van der Waals surface area (Å²) in [7, 11) is 1.97. The Balaban J connectivity index is 1.57. The summed E-state index contributed by atoms with van der Waals surface area (Å²) in [4.78, 5) is 13.6. The first-order chi connectivity index (χ1) is 8.29. The number of hydrogen-bond donors (Lipinski definition) is 1. The summed E-state index contributed by atoms with van der Waals surface area (Å²) < 4.78 is 10.8. The Morgan fingerprint density at radius 3 is 2.76 bits per heavy atom. The molecule has 5 nitrogen and oxygen atoms in total. The fourth-order valence-electron chi connectivity index (χ4n) is 2.36. The van der Waals surface area contributed by atoms with Gasteiger partial charge in [0, 0.05) is 13.1 Å². The van der Waals surface area contributed by atoms with E-state index >= 15 is 0 Å². The normalized spacial score (nSPS) is 28.9. The molecule has 0 aromatic rings. The Morgan fingerprint density at radius 1 is 1.41 bits per heavy atom. The van der Waals surface area contributed by atoms with Crippen molar-refractivity contribution in [2.75, 3.05) is 46.5 Å². The molecule has 0 atom stereocenters. The maximum Gasteiger partial charge on any atom is 0.248 e. The van der Waals surface area contributed by atoms with Crippen LogP contribution in [0, 0.1) is 5.92 Å². The third kappa shape index (κ3) is 3.66. The van der Waals surface area contributed by atoms with E-state index in [4.69, 9.17) is 9.47 Å². The van der Waals surface area contributed by atoms with Crippen molar-refractivity contribution in [3.63, 3.8) is 0 Å². The first-order valence-electron chi connectivity index (χ1n) is 6.41. The first kappa shape index (κ1) is 12.8. The first-order valence-corrected chi connectivity index (χ1v) is 6.41. The van der Waals surface area contributed by atoms with Crippen LogP contribution in [0.1, 0.15) is 12.8 Å². The molecule has 0 unspecified atom stereocenters. The molecule has 2 aliphatic rings. The summed E-state index contributed by atoms with van der Waals surface area (Å²) >= 11 is 0. The van der Waals surface area contributed by atoms with Crippen molar-refractivity contribution in [1.82, 2.24) is 10.2 Å². The van der Waals surface area contributed by atoms with Crippen LogP contribution in [0.2, 0.25) is 0 Å². The summed E-state index contributed by atoms with van der Waals surface area (Å²) in [6, 6.07) is 0. The molecule has 0 spiro atoms. The average Bonchev–Trinajstić information content (AvgIpc) is 2.32. The molecule has 5 heteroatoms. The van der Waals surface area contributed by atoms with E-state index < -0.39 is 0 Å². The molecule has 1 saturated carbocycles. The van der Waals surface area contributed by atoms with Crippen LogP contribution in [0.5, 0.6) is 0 Å². The van der Waals surface area contributed by atoms with Gasteiger partial charge in [0.15, 0.2) is 0 Å². The smallest absolute Gasteiger partial charge is 0.248 e. The van der Waals surface area contributed by atoms with E-state index in [-0.39, 0.29) is 12.5 Å². The Morgan fingerprint density at radius 2 is 2.12 bits per heavy atom. The topological polar surface area (TPSA) is 50.8 Å². The largest absolute Gasteiger partial charge is 0.378 e. The number of nitrogens with zero attached hydrogens (tertiary/aromatic N) is 1. The van der Waals surface area contributed by atoms with E-state index in [9.17, 15) is 4.79 Å². The van der Waals surface area contributed by atoms with Crippen LogP contribution in [0.3, 0.4) is 0 Å². The molecule has 0 bridgehead atoms. The van der Waals surface area contributed by atoms with Crippen molar-refractivity contribution in [2.24, 2.45) is 5.92 Å². The third-order valence-electron chi connectivity index (χ3n) is 3.49. The second-order valence-electron chi connectivity index (χ2n) is 4.82. The van der Waals surface area contributed by atoms with E-state index in [0.29, 0.717) is 32.4 Å². The predicted octanol–water partition coefficient (Wildman–Crippen LogP) is -0.140. The highest BCUT2D eigenvalue weighted by atomic mass is 16.5. The van der Waals surface area contributed by atoms with Crippen LogP contribution in [0.15, 0.2) is 0 Å². The van der Waals surface area contributed by atoms with Crippen molar-refractivity contribution in [3.8, 4) is 0 Å². The molecule has 2 rings (SSSR count). The Bertz CT molecular complexity index is 248. The minimum Gasteiger partial charge on any atom is -0.378 e. The van der Waals surface area contributed by atoms with E-state index in [1.165, 1.54) is 0 Å². The van der Waals surface area contributed by atoms with Gasteiger partial charge in [0.2, 0.25) is 5.91 Å². The molecule has 98 valence electrons. The lowest BCUT2D eigenvalue weighted by Gasteiger charge is -2.35. The summed E-state index contributed by atoms with van der Waals surface area (Å²) in [5.41, 5.74) is 0. The molecule has 1 heterocycles. The lowest BCUT2D eigenvalue weighted by molar-refractivity contribution is -0.145. The summed E-state index contributed by atoms with van der Waals surface area (Å²) in [5.74, 6) is 0.828. The van der Waals surface area contributed by atoms with Gasteiger partial charge in [-0.3, -0.25) is 4.79 Å². The highest BCUT2D eigenvalue weighted by molar-refractivity contribution is 5.77. The molecule has 1 amide bonds. The number of nitrogens with one attached hydrogen (secondary N) is 1. The zero-order chi connectivity index (χ0) is 12.1. The van der Waals surface area contributed by atoms with Crippen molar-refractivity contribution < 1.29 is 14.3 Å². The SMILES string of the molecule is CNCC1CC(OCC(=O)N2CCOCC2)C1. The molecule has 2 fully saturated rings. The summed E-state index contributed by atoms with van der Waals surface area (Å²) in [6.45, 7) is 4.00. The van der Waals surface area contributed by atoms with Gasteiger partial charge in [-0.05, 0) is 32.4 Å². The second kappa shape index (κ2) is 6.33. The number of carbonyl (C=O) groups excluding carboxylic acids is 1. The maximum atomic E-state index is 11.8. The number of rotatable bonds is 5. The van der Waals surface area contributed by atoms with Gasteiger partial charge in [-0.2, -0.15) is 0 Å². The monoisotopic (exact) mass is 242 g/mol.